The van der Waals surface area contributed by atoms with Crippen molar-refractivity contribution in [3.8, 4) is 0 Å². The zero-order chi connectivity index (χ0) is 11.0. The van der Waals surface area contributed by atoms with E-state index in [-0.39, 0.29) is 11.8 Å². The number of amides is 1. The van der Waals surface area contributed by atoms with Crippen LogP contribution in [0.5, 0.6) is 0 Å². The van der Waals surface area contributed by atoms with Gasteiger partial charge in [-0.05, 0) is 11.6 Å². The van der Waals surface area contributed by atoms with Crippen molar-refractivity contribution in [2.24, 2.45) is 0 Å². The molecular weight excluding hydrogens is 237 g/mol. The van der Waals surface area contributed by atoms with Gasteiger partial charge in [0.2, 0.25) is 5.91 Å². The molecule has 1 amide bonds. The molecular formula is C10H9Cl2NO2. The van der Waals surface area contributed by atoms with Crippen LogP contribution in [0.2, 0.25) is 5.02 Å². The highest BCUT2D eigenvalue weighted by molar-refractivity contribution is 6.32. The number of fused-ring (bicyclic) bond motifs is 1. The van der Waals surface area contributed by atoms with Crippen molar-refractivity contribution >= 4 is 34.8 Å². The van der Waals surface area contributed by atoms with Gasteiger partial charge in [-0.1, -0.05) is 17.7 Å². The zero-order valence-corrected chi connectivity index (χ0v) is 9.27. The molecule has 1 unspecified atom stereocenters. The van der Waals surface area contributed by atoms with Gasteiger partial charge in [-0.25, -0.2) is 0 Å². The second-order valence-electron chi connectivity index (χ2n) is 3.39. The maximum absolute atomic E-state index is 11.2. The summed E-state index contributed by atoms with van der Waals surface area (Å²) in [6, 6.07) is 3.45. The summed E-state index contributed by atoms with van der Waals surface area (Å²) in [5.41, 5.74) is 1.97. The van der Waals surface area contributed by atoms with Crippen LogP contribution in [-0.4, -0.2) is 16.9 Å². The number of aliphatic hydroxyl groups is 1. The maximum atomic E-state index is 11.2. The Balaban J connectivity index is 2.54. The number of rotatable bonds is 2. The molecule has 2 N–H and O–H groups in total. The molecule has 80 valence electrons. The number of halogens is 2. The average Bonchev–Trinajstić information content (AvgIpc) is 2.57. The number of carbonyl (C=O) groups excluding carboxylic acids is 1. The number of anilines is 1. The highest BCUT2D eigenvalue weighted by Gasteiger charge is 2.25. The maximum Gasteiger partial charge on any atom is 0.228 e. The van der Waals surface area contributed by atoms with Crippen LogP contribution in [0.3, 0.4) is 0 Å². The Kier molecular flexibility index (Phi) is 2.87. The van der Waals surface area contributed by atoms with Crippen LogP contribution >= 0.6 is 23.2 Å². The van der Waals surface area contributed by atoms with E-state index in [1.807, 2.05) is 0 Å². The topological polar surface area (TPSA) is 49.3 Å². The van der Waals surface area contributed by atoms with Crippen LogP contribution in [0.1, 0.15) is 17.2 Å². The number of hydrogen-bond acceptors (Lipinski definition) is 2. The zero-order valence-electron chi connectivity index (χ0n) is 7.76. The molecule has 2 rings (SSSR count). The van der Waals surface area contributed by atoms with Gasteiger partial charge in [0, 0.05) is 10.6 Å². The summed E-state index contributed by atoms with van der Waals surface area (Å²) < 4.78 is 0. The molecule has 1 atom stereocenters. The fourth-order valence-corrected chi connectivity index (χ4v) is 2.13. The van der Waals surface area contributed by atoms with Crippen LogP contribution in [0.4, 0.5) is 5.69 Å². The Morgan fingerprint density at radius 1 is 1.53 bits per heavy atom. The normalized spacial score (nSPS) is 16.1. The molecule has 0 aliphatic carbocycles. The molecule has 1 aliphatic rings. The lowest BCUT2D eigenvalue weighted by Gasteiger charge is -2.14. The van der Waals surface area contributed by atoms with E-state index in [2.05, 4.69) is 5.32 Å². The number of carbonyl (C=O) groups is 1. The molecule has 0 spiro atoms. The summed E-state index contributed by atoms with van der Waals surface area (Å²) in [4.78, 5) is 11.2. The second kappa shape index (κ2) is 4.00. The Bertz CT molecular complexity index is 420. The smallest absolute Gasteiger partial charge is 0.228 e. The number of nitrogens with one attached hydrogen (secondary N) is 1. The summed E-state index contributed by atoms with van der Waals surface area (Å²) in [7, 11) is 0. The Labute approximate surface area is 97.0 Å². The van der Waals surface area contributed by atoms with Crippen molar-refractivity contribution < 1.29 is 9.90 Å². The van der Waals surface area contributed by atoms with Crippen LogP contribution in [0.25, 0.3) is 0 Å². The van der Waals surface area contributed by atoms with Crippen LogP contribution in [-0.2, 0) is 11.2 Å². The van der Waals surface area contributed by atoms with Gasteiger partial charge in [-0.2, -0.15) is 0 Å². The summed E-state index contributed by atoms with van der Waals surface area (Å²) >= 11 is 11.5. The third-order valence-corrected chi connectivity index (χ3v) is 3.00. The fraction of sp³-hybridized carbons (Fsp3) is 0.300. The van der Waals surface area contributed by atoms with Crippen molar-refractivity contribution in [1.82, 2.24) is 0 Å². The summed E-state index contributed by atoms with van der Waals surface area (Å²) in [6.45, 7) is 0. The fourth-order valence-electron chi connectivity index (χ4n) is 1.69. The molecule has 1 aliphatic heterocycles. The van der Waals surface area contributed by atoms with Crippen molar-refractivity contribution in [1.29, 1.82) is 0 Å². The van der Waals surface area contributed by atoms with Gasteiger partial charge in [-0.3, -0.25) is 4.79 Å². The standard InChI is InChI=1S/C10H9Cl2NO2/c11-4-7(14)9-6(12)2-1-5-3-8(15)13-10(5)9/h1-2,7,14H,3-4H2,(H,13,15). The van der Waals surface area contributed by atoms with Crippen molar-refractivity contribution in [3.63, 3.8) is 0 Å². The van der Waals surface area contributed by atoms with Crippen molar-refractivity contribution in [3.05, 3.63) is 28.3 Å². The quantitative estimate of drug-likeness (QED) is 0.785. The van der Waals surface area contributed by atoms with E-state index in [1.165, 1.54) is 0 Å². The molecule has 0 bridgehead atoms. The van der Waals surface area contributed by atoms with Crippen LogP contribution in [0, 0.1) is 0 Å². The van der Waals surface area contributed by atoms with Crippen LogP contribution < -0.4 is 5.32 Å². The number of benzene rings is 1. The van der Waals surface area contributed by atoms with E-state index in [0.717, 1.165) is 5.56 Å². The predicted molar refractivity (Wildman–Crippen MR) is 59.5 cm³/mol. The lowest BCUT2D eigenvalue weighted by molar-refractivity contribution is -0.115. The van der Waals surface area contributed by atoms with E-state index >= 15 is 0 Å². The molecule has 1 aromatic carbocycles. The monoisotopic (exact) mass is 245 g/mol. The molecule has 0 saturated carbocycles. The third kappa shape index (κ3) is 1.83. The van der Waals surface area contributed by atoms with Crippen molar-refractivity contribution in [2.45, 2.75) is 12.5 Å². The molecule has 3 nitrogen and oxygen atoms in total. The van der Waals surface area contributed by atoms with Gasteiger partial charge >= 0.3 is 0 Å². The minimum atomic E-state index is -0.854. The van der Waals surface area contributed by atoms with Gasteiger partial charge in [-0.15, -0.1) is 11.6 Å². The molecule has 0 radical (unpaired) electrons. The first-order valence-corrected chi connectivity index (χ1v) is 5.40. The summed E-state index contributed by atoms with van der Waals surface area (Å²) in [5.74, 6) is -0.0400. The Morgan fingerprint density at radius 3 is 2.93 bits per heavy atom. The Hall–Kier alpha value is -0.770. The molecule has 0 saturated heterocycles. The number of alkyl halides is 1. The second-order valence-corrected chi connectivity index (χ2v) is 4.11. The predicted octanol–water partition coefficient (Wildman–Crippen LogP) is 2.11. The van der Waals surface area contributed by atoms with E-state index in [0.29, 0.717) is 22.7 Å². The highest BCUT2D eigenvalue weighted by atomic mass is 35.5. The summed E-state index contributed by atoms with van der Waals surface area (Å²) in [6.07, 6.45) is -0.526. The first kappa shape index (κ1) is 10.7. The van der Waals surface area contributed by atoms with E-state index in [4.69, 9.17) is 23.2 Å². The van der Waals surface area contributed by atoms with Gasteiger partial charge in [0.25, 0.3) is 0 Å². The highest BCUT2D eigenvalue weighted by Crippen LogP contribution is 2.36. The van der Waals surface area contributed by atoms with E-state index in [1.54, 1.807) is 12.1 Å². The first-order valence-electron chi connectivity index (χ1n) is 4.48. The minimum Gasteiger partial charge on any atom is -0.387 e. The first-order chi connectivity index (χ1) is 7.13. The number of hydrogen-bond donors (Lipinski definition) is 2. The van der Waals surface area contributed by atoms with Crippen molar-refractivity contribution in [2.75, 3.05) is 11.2 Å². The molecule has 1 heterocycles. The largest absolute Gasteiger partial charge is 0.387 e. The lowest BCUT2D eigenvalue weighted by Crippen LogP contribution is -2.08. The number of aliphatic hydroxyl groups excluding tert-OH is 1. The van der Waals surface area contributed by atoms with Gasteiger partial charge < -0.3 is 10.4 Å². The lowest BCUT2D eigenvalue weighted by atomic mass is 10.0. The molecule has 15 heavy (non-hydrogen) atoms. The molecule has 1 aromatic rings. The SMILES string of the molecule is O=C1Cc2ccc(Cl)c(C(O)CCl)c2N1. The molecule has 0 fully saturated rings. The Morgan fingerprint density at radius 2 is 2.27 bits per heavy atom. The van der Waals surface area contributed by atoms with E-state index < -0.39 is 6.10 Å². The van der Waals surface area contributed by atoms with E-state index in [9.17, 15) is 9.90 Å². The third-order valence-electron chi connectivity index (χ3n) is 2.37. The minimum absolute atomic E-state index is 0.0477. The van der Waals surface area contributed by atoms with Crippen LogP contribution in [0.15, 0.2) is 12.1 Å². The summed E-state index contributed by atoms with van der Waals surface area (Å²) in [5, 5.41) is 12.8. The van der Waals surface area contributed by atoms with Gasteiger partial charge in [0.05, 0.1) is 24.1 Å². The average molecular weight is 246 g/mol. The van der Waals surface area contributed by atoms with Gasteiger partial charge in [0.15, 0.2) is 0 Å². The molecule has 5 heteroatoms. The van der Waals surface area contributed by atoms with Gasteiger partial charge in [0.1, 0.15) is 0 Å². The molecule has 0 aromatic heterocycles.